The number of hydrogen-bond acceptors (Lipinski definition) is 7. The van der Waals surface area contributed by atoms with E-state index in [-0.39, 0.29) is 24.0 Å². The molecule has 1 aliphatic heterocycles. The molecule has 9 nitrogen and oxygen atoms in total. The Morgan fingerprint density at radius 1 is 1.31 bits per heavy atom. The summed E-state index contributed by atoms with van der Waals surface area (Å²) in [7, 11) is 0. The van der Waals surface area contributed by atoms with Crippen LogP contribution in [0.2, 0.25) is 0 Å². The van der Waals surface area contributed by atoms with Gasteiger partial charge in [-0.2, -0.15) is 23.3 Å². The molecule has 1 aromatic carbocycles. The average molecular weight is 499 g/mol. The van der Waals surface area contributed by atoms with Crippen molar-refractivity contribution in [2.45, 2.75) is 38.5 Å². The van der Waals surface area contributed by atoms with Crippen LogP contribution in [0.3, 0.4) is 0 Å². The number of nitrogens with one attached hydrogen (secondary N) is 2. The van der Waals surface area contributed by atoms with E-state index in [0.29, 0.717) is 23.6 Å². The van der Waals surface area contributed by atoms with Gasteiger partial charge in [0.05, 0.1) is 17.9 Å². The number of aliphatic hydroxyl groups excluding tert-OH is 1. The predicted molar refractivity (Wildman–Crippen MR) is 126 cm³/mol. The molecule has 5 rings (SSSR count). The summed E-state index contributed by atoms with van der Waals surface area (Å²) < 4.78 is 40.5. The molecule has 1 aliphatic rings. The highest BCUT2D eigenvalue weighted by molar-refractivity contribution is 6.11. The number of H-pyrrole nitrogens is 1. The zero-order valence-electron chi connectivity index (χ0n) is 19.4. The lowest BCUT2D eigenvalue weighted by Gasteiger charge is -2.22. The molecule has 1 unspecified atom stereocenters. The number of ketones is 1. The highest BCUT2D eigenvalue weighted by Gasteiger charge is 2.40. The Balaban J connectivity index is 1.37. The van der Waals surface area contributed by atoms with Crippen LogP contribution < -0.4 is 5.32 Å². The number of aromatic nitrogens is 5. The SMILES string of the molecule is Cc1nn(-c2ccnc(Nc3ccc4[nH]cc(C(=O)C(F)(F)F)c4c3)n2)cc1CN1CCCC1CO. The number of benzene rings is 1. The Bertz CT molecular complexity index is 1410. The Hall–Kier alpha value is -3.77. The summed E-state index contributed by atoms with van der Waals surface area (Å²) in [6.07, 6.45) is 1.57. The van der Waals surface area contributed by atoms with Gasteiger partial charge in [0.2, 0.25) is 5.95 Å². The Morgan fingerprint density at radius 2 is 2.14 bits per heavy atom. The molecular weight excluding hydrogens is 475 g/mol. The lowest BCUT2D eigenvalue weighted by Crippen LogP contribution is -2.31. The van der Waals surface area contributed by atoms with Gasteiger partial charge < -0.3 is 15.4 Å². The van der Waals surface area contributed by atoms with Crippen molar-refractivity contribution in [1.29, 1.82) is 0 Å². The third-order valence-electron chi connectivity index (χ3n) is 6.40. The first-order valence-corrected chi connectivity index (χ1v) is 11.5. The van der Waals surface area contributed by atoms with Crippen molar-refractivity contribution in [1.82, 2.24) is 29.6 Å². The van der Waals surface area contributed by atoms with Crippen molar-refractivity contribution in [3.8, 4) is 5.82 Å². The van der Waals surface area contributed by atoms with E-state index < -0.39 is 17.5 Å². The minimum absolute atomic E-state index is 0.133. The molecule has 0 saturated carbocycles. The molecule has 0 amide bonds. The van der Waals surface area contributed by atoms with E-state index >= 15 is 0 Å². The normalized spacial score (nSPS) is 16.6. The largest absolute Gasteiger partial charge is 0.454 e. The van der Waals surface area contributed by atoms with Crippen LogP contribution in [0.4, 0.5) is 24.8 Å². The van der Waals surface area contributed by atoms with Crippen LogP contribution in [-0.4, -0.2) is 65.9 Å². The second kappa shape index (κ2) is 9.36. The number of alkyl halides is 3. The molecule has 12 heteroatoms. The van der Waals surface area contributed by atoms with Gasteiger partial charge in [-0.3, -0.25) is 9.69 Å². The number of carbonyl (C=O) groups is 1. The second-order valence-electron chi connectivity index (χ2n) is 8.79. The van der Waals surface area contributed by atoms with E-state index in [1.807, 2.05) is 13.1 Å². The number of rotatable bonds is 7. The molecule has 1 saturated heterocycles. The van der Waals surface area contributed by atoms with Gasteiger partial charge in [0.15, 0.2) is 5.82 Å². The topological polar surface area (TPSA) is 112 Å². The van der Waals surface area contributed by atoms with Crippen LogP contribution in [0.15, 0.2) is 42.9 Å². The number of anilines is 2. The molecule has 0 radical (unpaired) electrons. The van der Waals surface area contributed by atoms with Gasteiger partial charge in [0.1, 0.15) is 0 Å². The molecule has 1 fully saturated rings. The van der Waals surface area contributed by atoms with Gasteiger partial charge in [0, 0.05) is 59.4 Å². The van der Waals surface area contributed by atoms with Gasteiger partial charge in [0.25, 0.3) is 5.78 Å². The predicted octanol–water partition coefficient (Wildman–Crippen LogP) is 3.90. The number of Topliss-reactive ketones (excluding diaryl/α,β-unsaturated/α-hetero) is 1. The van der Waals surface area contributed by atoms with Crippen molar-refractivity contribution in [2.24, 2.45) is 0 Å². The van der Waals surface area contributed by atoms with Crippen molar-refractivity contribution < 1.29 is 23.1 Å². The fourth-order valence-electron chi connectivity index (χ4n) is 4.50. The van der Waals surface area contributed by atoms with Crippen LogP contribution in [0.1, 0.15) is 34.5 Å². The standard InChI is InChI=1S/C24H24F3N7O2/c1-14-15(11-33-8-2-3-17(33)13-35)12-34(32-14)21-6-7-28-23(31-21)30-16-4-5-20-18(9-16)19(10-29-20)22(36)24(25,26)27/h4-7,9-10,12,17,29,35H,2-3,8,11,13H2,1H3,(H,28,30,31). The molecule has 4 aromatic rings. The first kappa shape index (κ1) is 23.9. The molecule has 3 N–H and O–H groups in total. The fourth-order valence-corrected chi connectivity index (χ4v) is 4.50. The van der Waals surface area contributed by atoms with Crippen LogP contribution in [0.25, 0.3) is 16.7 Å². The van der Waals surface area contributed by atoms with E-state index in [2.05, 4.69) is 30.3 Å². The van der Waals surface area contributed by atoms with Crippen molar-refractivity contribution >= 4 is 28.3 Å². The van der Waals surface area contributed by atoms with Crippen LogP contribution in [-0.2, 0) is 6.54 Å². The fraction of sp³-hybridized carbons (Fsp3) is 0.333. The maximum atomic E-state index is 13.0. The van der Waals surface area contributed by atoms with Gasteiger partial charge in [-0.05, 0) is 44.5 Å². The average Bonchev–Trinajstić information content (AvgIpc) is 3.57. The number of fused-ring (bicyclic) bond motifs is 1. The maximum Gasteiger partial charge on any atom is 0.454 e. The summed E-state index contributed by atoms with van der Waals surface area (Å²) >= 11 is 0. The van der Waals surface area contributed by atoms with Gasteiger partial charge in [-0.25, -0.2) is 9.67 Å². The Labute approximate surface area is 204 Å². The number of aliphatic hydroxyl groups is 1. The van der Waals surface area contributed by atoms with Crippen molar-refractivity contribution in [3.63, 3.8) is 0 Å². The van der Waals surface area contributed by atoms with E-state index in [1.165, 1.54) is 6.07 Å². The van der Waals surface area contributed by atoms with E-state index in [1.54, 1.807) is 29.1 Å². The number of aromatic amines is 1. The first-order valence-electron chi connectivity index (χ1n) is 11.5. The summed E-state index contributed by atoms with van der Waals surface area (Å²) in [6, 6.07) is 6.54. The van der Waals surface area contributed by atoms with E-state index in [9.17, 15) is 23.1 Å². The number of hydrogen-bond donors (Lipinski definition) is 3. The number of halogens is 3. The van der Waals surface area contributed by atoms with E-state index in [4.69, 9.17) is 0 Å². The quantitative estimate of drug-likeness (QED) is 0.331. The van der Waals surface area contributed by atoms with Gasteiger partial charge in [-0.15, -0.1) is 0 Å². The number of carbonyl (C=O) groups excluding carboxylic acids is 1. The maximum absolute atomic E-state index is 13.0. The molecule has 0 aliphatic carbocycles. The molecule has 0 spiro atoms. The third kappa shape index (κ3) is 4.69. The number of aryl methyl sites for hydroxylation is 1. The minimum atomic E-state index is -4.97. The summed E-state index contributed by atoms with van der Waals surface area (Å²) in [5.74, 6) is -1.17. The van der Waals surface area contributed by atoms with Crippen LogP contribution in [0, 0.1) is 6.92 Å². The lowest BCUT2D eigenvalue weighted by atomic mass is 10.1. The molecule has 4 heterocycles. The lowest BCUT2D eigenvalue weighted by molar-refractivity contribution is -0.0884. The Morgan fingerprint density at radius 3 is 2.92 bits per heavy atom. The summed E-state index contributed by atoms with van der Waals surface area (Å²) in [6.45, 7) is 3.67. The Kier molecular flexibility index (Phi) is 6.22. The summed E-state index contributed by atoms with van der Waals surface area (Å²) in [5, 5.41) is 17.3. The molecular formula is C24H24F3N7O2. The highest BCUT2D eigenvalue weighted by atomic mass is 19.4. The highest BCUT2D eigenvalue weighted by Crippen LogP contribution is 2.29. The molecule has 1 atom stereocenters. The molecule has 36 heavy (non-hydrogen) atoms. The zero-order valence-corrected chi connectivity index (χ0v) is 19.4. The zero-order chi connectivity index (χ0) is 25.4. The minimum Gasteiger partial charge on any atom is -0.395 e. The number of nitrogens with zero attached hydrogens (tertiary/aromatic N) is 5. The molecule has 188 valence electrons. The smallest absolute Gasteiger partial charge is 0.395 e. The van der Waals surface area contributed by atoms with Crippen molar-refractivity contribution in [2.75, 3.05) is 18.5 Å². The van der Waals surface area contributed by atoms with Crippen molar-refractivity contribution in [3.05, 3.63) is 59.7 Å². The van der Waals surface area contributed by atoms with E-state index in [0.717, 1.165) is 36.8 Å². The second-order valence-corrected chi connectivity index (χ2v) is 8.79. The number of likely N-dealkylation sites (tertiary alicyclic amines) is 1. The first-order chi connectivity index (χ1) is 17.2. The van der Waals surface area contributed by atoms with Crippen LogP contribution >= 0.6 is 0 Å². The molecule has 0 bridgehead atoms. The van der Waals surface area contributed by atoms with Gasteiger partial charge >= 0.3 is 6.18 Å². The monoisotopic (exact) mass is 499 g/mol. The van der Waals surface area contributed by atoms with Crippen LogP contribution in [0.5, 0.6) is 0 Å². The summed E-state index contributed by atoms with van der Waals surface area (Å²) in [4.78, 5) is 25.4. The summed E-state index contributed by atoms with van der Waals surface area (Å²) in [5.41, 5.74) is 2.27. The third-order valence-corrected chi connectivity index (χ3v) is 6.40. The van der Waals surface area contributed by atoms with Gasteiger partial charge in [-0.1, -0.05) is 0 Å². The molecule has 3 aromatic heterocycles.